The van der Waals surface area contributed by atoms with Crippen LogP contribution in [0.1, 0.15) is 5.56 Å². The lowest BCUT2D eigenvalue weighted by Gasteiger charge is -2.23. The van der Waals surface area contributed by atoms with Crippen molar-refractivity contribution in [2.24, 2.45) is 5.84 Å². The summed E-state index contributed by atoms with van der Waals surface area (Å²) >= 11 is 0. The highest BCUT2D eigenvalue weighted by Gasteiger charge is 2.12. The quantitative estimate of drug-likeness (QED) is 0.442. The summed E-state index contributed by atoms with van der Waals surface area (Å²) in [6.07, 6.45) is 0. The molecule has 1 rings (SSSR count). The van der Waals surface area contributed by atoms with Gasteiger partial charge in [-0.15, -0.1) is 0 Å². The van der Waals surface area contributed by atoms with Gasteiger partial charge in [0.25, 0.3) is 0 Å². The first-order valence-corrected chi connectivity index (χ1v) is 5.01. The van der Waals surface area contributed by atoms with Gasteiger partial charge in [0.1, 0.15) is 11.5 Å². The smallest absolute Gasteiger partial charge is 0.146 e. The van der Waals surface area contributed by atoms with E-state index in [0.29, 0.717) is 6.67 Å². The molecule has 0 unspecified atom stereocenters. The average molecular weight is 225 g/mol. The normalized spacial score (nSPS) is 10.1. The minimum Gasteiger partial charge on any atom is -0.497 e. The Morgan fingerprint density at radius 1 is 1.31 bits per heavy atom. The Balaban J connectivity index is 3.15. The molecule has 1 aromatic rings. The molecule has 90 valence electrons. The molecule has 0 radical (unpaired) electrons. The van der Waals surface area contributed by atoms with Gasteiger partial charge in [0.05, 0.1) is 26.6 Å². The third-order valence-electron chi connectivity index (χ3n) is 2.40. The number of hydrogen-bond donors (Lipinski definition) is 2. The van der Waals surface area contributed by atoms with Crippen molar-refractivity contribution in [2.45, 2.75) is 6.92 Å². The van der Waals surface area contributed by atoms with Crippen LogP contribution in [0, 0.1) is 6.92 Å². The van der Waals surface area contributed by atoms with E-state index < -0.39 is 0 Å². The molecule has 1 aromatic carbocycles. The number of nitrogens with two attached hydrogens (primary N) is 1. The SMILES string of the molecule is COc1cc(C)c(N(C)CNN)c(OC)c1. The zero-order valence-electron chi connectivity index (χ0n) is 10.2. The van der Waals surface area contributed by atoms with Crippen LogP contribution in [0.25, 0.3) is 0 Å². The zero-order valence-corrected chi connectivity index (χ0v) is 10.2. The second-order valence-electron chi connectivity index (χ2n) is 3.56. The van der Waals surface area contributed by atoms with Crippen molar-refractivity contribution in [3.8, 4) is 11.5 Å². The van der Waals surface area contributed by atoms with E-state index in [-0.39, 0.29) is 0 Å². The highest BCUT2D eigenvalue weighted by molar-refractivity contribution is 5.65. The molecule has 16 heavy (non-hydrogen) atoms. The van der Waals surface area contributed by atoms with Gasteiger partial charge in [-0.2, -0.15) is 0 Å². The van der Waals surface area contributed by atoms with Gasteiger partial charge in [-0.1, -0.05) is 0 Å². The number of methoxy groups -OCH3 is 2. The average Bonchev–Trinajstić information content (AvgIpc) is 2.27. The minimum absolute atomic E-state index is 0.545. The molecule has 0 aliphatic rings. The third-order valence-corrected chi connectivity index (χ3v) is 2.40. The maximum Gasteiger partial charge on any atom is 0.146 e. The molecule has 5 nitrogen and oxygen atoms in total. The van der Waals surface area contributed by atoms with Gasteiger partial charge in [-0.3, -0.25) is 5.84 Å². The number of rotatable bonds is 5. The van der Waals surface area contributed by atoms with Crippen molar-refractivity contribution in [3.63, 3.8) is 0 Å². The molecule has 3 N–H and O–H groups in total. The molecular weight excluding hydrogens is 206 g/mol. The lowest BCUT2D eigenvalue weighted by atomic mass is 10.1. The largest absolute Gasteiger partial charge is 0.497 e. The van der Waals surface area contributed by atoms with Crippen LogP contribution in [0.3, 0.4) is 0 Å². The number of hydrogen-bond acceptors (Lipinski definition) is 5. The number of nitrogens with one attached hydrogen (secondary N) is 1. The molecule has 0 saturated heterocycles. The van der Waals surface area contributed by atoms with Crippen molar-refractivity contribution in [3.05, 3.63) is 17.7 Å². The van der Waals surface area contributed by atoms with E-state index in [4.69, 9.17) is 15.3 Å². The highest BCUT2D eigenvalue weighted by atomic mass is 16.5. The number of aryl methyl sites for hydroxylation is 1. The van der Waals surface area contributed by atoms with E-state index in [1.165, 1.54) is 0 Å². The van der Waals surface area contributed by atoms with E-state index in [1.807, 2.05) is 31.0 Å². The molecule has 0 fully saturated rings. The summed E-state index contributed by atoms with van der Waals surface area (Å²) < 4.78 is 10.5. The lowest BCUT2D eigenvalue weighted by molar-refractivity contribution is 0.393. The van der Waals surface area contributed by atoms with E-state index in [0.717, 1.165) is 22.7 Å². The summed E-state index contributed by atoms with van der Waals surface area (Å²) in [6, 6.07) is 3.82. The van der Waals surface area contributed by atoms with Crippen LogP contribution in [0.4, 0.5) is 5.69 Å². The summed E-state index contributed by atoms with van der Waals surface area (Å²) in [6.45, 7) is 2.55. The van der Waals surface area contributed by atoms with Gasteiger partial charge in [-0.25, -0.2) is 5.43 Å². The first-order valence-electron chi connectivity index (χ1n) is 5.01. The van der Waals surface area contributed by atoms with E-state index >= 15 is 0 Å². The maximum absolute atomic E-state index is 5.35. The molecule has 0 amide bonds. The number of anilines is 1. The molecule has 0 spiro atoms. The Kier molecular flexibility index (Phi) is 4.39. The van der Waals surface area contributed by atoms with Crippen molar-refractivity contribution in [2.75, 3.05) is 32.8 Å². The van der Waals surface area contributed by atoms with Crippen LogP contribution in [-0.4, -0.2) is 27.9 Å². The molecule has 5 heteroatoms. The van der Waals surface area contributed by atoms with Gasteiger partial charge < -0.3 is 14.4 Å². The topological polar surface area (TPSA) is 59.8 Å². The highest BCUT2D eigenvalue weighted by Crippen LogP contribution is 2.35. The summed E-state index contributed by atoms with van der Waals surface area (Å²) in [5, 5.41) is 0. The monoisotopic (exact) mass is 225 g/mol. The van der Waals surface area contributed by atoms with Gasteiger partial charge in [0.2, 0.25) is 0 Å². The zero-order chi connectivity index (χ0) is 12.1. The van der Waals surface area contributed by atoms with Crippen LogP contribution < -0.4 is 25.6 Å². The van der Waals surface area contributed by atoms with Crippen LogP contribution in [0.2, 0.25) is 0 Å². The van der Waals surface area contributed by atoms with Crippen LogP contribution in [0.5, 0.6) is 11.5 Å². The van der Waals surface area contributed by atoms with Crippen molar-refractivity contribution < 1.29 is 9.47 Å². The summed E-state index contributed by atoms with van der Waals surface area (Å²) in [5.74, 6) is 6.86. The Labute approximate surface area is 96.1 Å². The number of ether oxygens (including phenoxy) is 2. The summed E-state index contributed by atoms with van der Waals surface area (Å²) in [4.78, 5) is 1.98. The fraction of sp³-hybridized carbons (Fsp3) is 0.455. The molecule has 0 atom stereocenters. The summed E-state index contributed by atoms with van der Waals surface area (Å²) in [5.41, 5.74) is 4.69. The molecular formula is C11H19N3O2. The molecule has 0 bridgehead atoms. The predicted molar refractivity (Wildman–Crippen MR) is 64.9 cm³/mol. The first kappa shape index (κ1) is 12.6. The Hall–Kier alpha value is -1.46. The van der Waals surface area contributed by atoms with E-state index in [2.05, 4.69) is 5.43 Å². The predicted octanol–water partition coefficient (Wildman–Crippen LogP) is 0.869. The van der Waals surface area contributed by atoms with Crippen LogP contribution in [0.15, 0.2) is 12.1 Å². The van der Waals surface area contributed by atoms with Gasteiger partial charge in [0, 0.05) is 13.1 Å². The van der Waals surface area contributed by atoms with Crippen LogP contribution >= 0.6 is 0 Å². The molecule has 0 aromatic heterocycles. The second-order valence-corrected chi connectivity index (χ2v) is 3.56. The Morgan fingerprint density at radius 3 is 2.50 bits per heavy atom. The number of hydrazine groups is 1. The number of benzene rings is 1. The Bertz CT molecular complexity index is 355. The molecule has 0 aliphatic carbocycles. The molecule has 0 aliphatic heterocycles. The second kappa shape index (κ2) is 5.58. The summed E-state index contributed by atoms with van der Waals surface area (Å²) in [7, 11) is 5.22. The van der Waals surface area contributed by atoms with Crippen LogP contribution in [-0.2, 0) is 0 Å². The number of nitrogens with zero attached hydrogens (tertiary/aromatic N) is 1. The van der Waals surface area contributed by atoms with E-state index in [1.54, 1.807) is 14.2 Å². The van der Waals surface area contributed by atoms with Crippen molar-refractivity contribution >= 4 is 5.69 Å². The third kappa shape index (κ3) is 2.56. The minimum atomic E-state index is 0.545. The fourth-order valence-electron chi connectivity index (χ4n) is 1.69. The first-order chi connectivity index (χ1) is 7.63. The van der Waals surface area contributed by atoms with E-state index in [9.17, 15) is 0 Å². The standard InChI is InChI=1S/C11H19N3O2/c1-8-5-9(15-3)6-10(16-4)11(8)14(2)7-13-12/h5-6,13H,7,12H2,1-4H3. The molecule has 0 saturated carbocycles. The lowest BCUT2D eigenvalue weighted by Crippen LogP contribution is -2.35. The van der Waals surface area contributed by atoms with Gasteiger partial charge in [0.15, 0.2) is 0 Å². The Morgan fingerprint density at radius 2 is 2.00 bits per heavy atom. The van der Waals surface area contributed by atoms with Gasteiger partial charge >= 0.3 is 0 Å². The maximum atomic E-state index is 5.35. The fourth-order valence-corrected chi connectivity index (χ4v) is 1.69. The molecule has 0 heterocycles. The van der Waals surface area contributed by atoms with Crippen molar-refractivity contribution in [1.29, 1.82) is 0 Å². The van der Waals surface area contributed by atoms with Gasteiger partial charge in [-0.05, 0) is 18.6 Å². The van der Waals surface area contributed by atoms with Crippen molar-refractivity contribution in [1.82, 2.24) is 5.43 Å².